The molecule has 0 saturated heterocycles. The van der Waals surface area contributed by atoms with Crippen molar-refractivity contribution in [2.24, 2.45) is 0 Å². The summed E-state index contributed by atoms with van der Waals surface area (Å²) in [6.07, 6.45) is 0. The predicted molar refractivity (Wildman–Crippen MR) is 110 cm³/mol. The average Bonchev–Trinajstić information content (AvgIpc) is 3.14. The second-order valence-corrected chi connectivity index (χ2v) is 7.44. The van der Waals surface area contributed by atoms with Gasteiger partial charge in [-0.15, -0.1) is 10.2 Å². The molecule has 0 radical (unpaired) electrons. The summed E-state index contributed by atoms with van der Waals surface area (Å²) in [5.74, 6) is 0.679. The Hall–Kier alpha value is -3.20. The summed E-state index contributed by atoms with van der Waals surface area (Å²) in [6, 6.07) is 13.3. The fourth-order valence-electron chi connectivity index (χ4n) is 3.16. The number of benzene rings is 2. The van der Waals surface area contributed by atoms with Gasteiger partial charge in [0.15, 0.2) is 16.6 Å². The third kappa shape index (κ3) is 3.93. The Morgan fingerprint density at radius 1 is 1.10 bits per heavy atom. The van der Waals surface area contributed by atoms with Crippen LogP contribution in [0.15, 0.2) is 53.7 Å². The summed E-state index contributed by atoms with van der Waals surface area (Å²) in [5.41, 5.74) is 3.03. The van der Waals surface area contributed by atoms with Crippen molar-refractivity contribution in [1.29, 1.82) is 0 Å². The number of hydrogen-bond acceptors (Lipinski definition) is 6. The lowest BCUT2D eigenvalue weighted by molar-refractivity contribution is -0.0498. The van der Waals surface area contributed by atoms with Gasteiger partial charge in [-0.05, 0) is 55.0 Å². The summed E-state index contributed by atoms with van der Waals surface area (Å²) in [5, 5.41) is 10.1. The topological polar surface area (TPSA) is 65.7 Å². The SMILES string of the molecule is COc1ccc2c(C)cc3nnc(SCC(=O)c4ccc(OC(F)F)cc4)n3c2c1. The number of nitrogens with zero attached hydrogens (tertiary/aromatic N) is 3. The summed E-state index contributed by atoms with van der Waals surface area (Å²) in [4.78, 5) is 12.5. The molecule has 0 saturated carbocycles. The van der Waals surface area contributed by atoms with E-state index in [-0.39, 0.29) is 17.3 Å². The van der Waals surface area contributed by atoms with Crippen molar-refractivity contribution in [2.75, 3.05) is 12.9 Å². The first kappa shape index (κ1) is 20.1. The second-order valence-electron chi connectivity index (χ2n) is 6.50. The molecule has 0 aliphatic rings. The van der Waals surface area contributed by atoms with Crippen molar-refractivity contribution in [3.05, 3.63) is 59.7 Å². The van der Waals surface area contributed by atoms with Crippen molar-refractivity contribution in [2.45, 2.75) is 18.7 Å². The number of halogens is 2. The minimum atomic E-state index is -2.90. The smallest absolute Gasteiger partial charge is 0.387 e. The summed E-state index contributed by atoms with van der Waals surface area (Å²) >= 11 is 1.26. The van der Waals surface area contributed by atoms with E-state index in [2.05, 4.69) is 14.9 Å². The lowest BCUT2D eigenvalue weighted by Gasteiger charge is -2.09. The van der Waals surface area contributed by atoms with E-state index in [4.69, 9.17) is 4.74 Å². The highest BCUT2D eigenvalue weighted by atomic mass is 32.2. The quantitative estimate of drug-likeness (QED) is 0.311. The molecular formula is C21H17F2N3O3S. The molecule has 154 valence electrons. The van der Waals surface area contributed by atoms with Crippen molar-refractivity contribution in [3.8, 4) is 11.5 Å². The molecular weight excluding hydrogens is 412 g/mol. The van der Waals surface area contributed by atoms with E-state index in [9.17, 15) is 13.6 Å². The minimum Gasteiger partial charge on any atom is -0.497 e. The first-order valence-corrected chi connectivity index (χ1v) is 9.98. The molecule has 0 N–H and O–H groups in total. The standard InChI is InChI=1S/C21H17F2N3O3S/c1-12-9-19-24-25-21(26(19)17-10-15(28-2)7-8-16(12)17)30-11-18(27)13-3-5-14(6-4-13)29-20(22)23/h3-10,20H,11H2,1-2H3. The van der Waals surface area contributed by atoms with E-state index in [1.807, 2.05) is 35.6 Å². The lowest BCUT2D eigenvalue weighted by atomic mass is 10.1. The zero-order valence-corrected chi connectivity index (χ0v) is 17.0. The number of thioether (sulfide) groups is 1. The Morgan fingerprint density at radius 2 is 1.83 bits per heavy atom. The molecule has 0 atom stereocenters. The van der Waals surface area contributed by atoms with Crippen molar-refractivity contribution in [3.63, 3.8) is 0 Å². The number of ketones is 1. The monoisotopic (exact) mass is 429 g/mol. The molecule has 4 aromatic rings. The van der Waals surface area contributed by atoms with Gasteiger partial charge in [-0.1, -0.05) is 11.8 Å². The van der Waals surface area contributed by atoms with Gasteiger partial charge in [0.25, 0.3) is 0 Å². The molecule has 30 heavy (non-hydrogen) atoms. The van der Waals surface area contributed by atoms with Crippen LogP contribution in [0.3, 0.4) is 0 Å². The Bertz CT molecular complexity index is 1230. The Morgan fingerprint density at radius 3 is 2.53 bits per heavy atom. The van der Waals surface area contributed by atoms with Crippen LogP contribution in [0.5, 0.6) is 11.5 Å². The van der Waals surface area contributed by atoms with Gasteiger partial charge in [0.1, 0.15) is 11.5 Å². The van der Waals surface area contributed by atoms with Crippen LogP contribution in [0.1, 0.15) is 15.9 Å². The number of fused-ring (bicyclic) bond motifs is 3. The number of pyridine rings is 1. The molecule has 0 unspecified atom stereocenters. The molecule has 2 heterocycles. The van der Waals surface area contributed by atoms with E-state index in [0.29, 0.717) is 22.1 Å². The normalized spacial score (nSPS) is 11.4. The number of aromatic nitrogens is 3. The maximum Gasteiger partial charge on any atom is 0.387 e. The van der Waals surface area contributed by atoms with Gasteiger partial charge in [0.05, 0.1) is 18.4 Å². The molecule has 0 amide bonds. The summed E-state index contributed by atoms with van der Waals surface area (Å²) < 4.78 is 36.0. The van der Waals surface area contributed by atoms with Crippen LogP contribution in [-0.4, -0.2) is 39.9 Å². The summed E-state index contributed by atoms with van der Waals surface area (Å²) in [7, 11) is 1.60. The van der Waals surface area contributed by atoms with Crippen molar-refractivity contribution < 1.29 is 23.0 Å². The largest absolute Gasteiger partial charge is 0.497 e. The number of hydrogen-bond donors (Lipinski definition) is 0. The van der Waals surface area contributed by atoms with Gasteiger partial charge < -0.3 is 9.47 Å². The zero-order chi connectivity index (χ0) is 21.3. The molecule has 0 fully saturated rings. The van der Waals surface area contributed by atoms with Gasteiger partial charge in [-0.25, -0.2) is 0 Å². The van der Waals surface area contributed by atoms with Crippen LogP contribution in [0.2, 0.25) is 0 Å². The van der Waals surface area contributed by atoms with Crippen LogP contribution >= 0.6 is 11.8 Å². The average molecular weight is 429 g/mol. The number of carbonyl (C=O) groups is 1. The Kier molecular flexibility index (Phi) is 5.54. The van der Waals surface area contributed by atoms with Gasteiger partial charge in [-0.3, -0.25) is 9.20 Å². The summed E-state index contributed by atoms with van der Waals surface area (Å²) in [6.45, 7) is -0.901. The maximum absolute atomic E-state index is 12.5. The van der Waals surface area contributed by atoms with Crippen LogP contribution in [-0.2, 0) is 0 Å². The van der Waals surface area contributed by atoms with Crippen LogP contribution in [0, 0.1) is 6.92 Å². The van der Waals surface area contributed by atoms with Gasteiger partial charge in [-0.2, -0.15) is 8.78 Å². The molecule has 6 nitrogen and oxygen atoms in total. The van der Waals surface area contributed by atoms with Crippen molar-refractivity contribution >= 4 is 34.1 Å². The molecule has 4 rings (SSSR count). The van der Waals surface area contributed by atoms with Crippen LogP contribution in [0.4, 0.5) is 8.78 Å². The van der Waals surface area contributed by atoms with Gasteiger partial charge in [0, 0.05) is 17.0 Å². The van der Waals surface area contributed by atoms with E-state index in [1.54, 1.807) is 7.11 Å². The number of carbonyl (C=O) groups excluding carboxylic acids is 1. The van der Waals surface area contributed by atoms with E-state index in [1.165, 1.54) is 36.0 Å². The fourth-order valence-corrected chi connectivity index (χ4v) is 4.01. The highest BCUT2D eigenvalue weighted by molar-refractivity contribution is 7.99. The molecule has 0 spiro atoms. The van der Waals surface area contributed by atoms with Crippen LogP contribution < -0.4 is 9.47 Å². The fraction of sp³-hybridized carbons (Fsp3) is 0.190. The van der Waals surface area contributed by atoms with E-state index < -0.39 is 6.61 Å². The van der Waals surface area contributed by atoms with E-state index >= 15 is 0 Å². The van der Waals surface area contributed by atoms with E-state index in [0.717, 1.165) is 16.5 Å². The second kappa shape index (κ2) is 8.27. The number of rotatable bonds is 7. The van der Waals surface area contributed by atoms with Gasteiger partial charge in [0.2, 0.25) is 0 Å². The lowest BCUT2D eigenvalue weighted by Crippen LogP contribution is -2.05. The van der Waals surface area contributed by atoms with Gasteiger partial charge >= 0.3 is 6.61 Å². The zero-order valence-electron chi connectivity index (χ0n) is 16.1. The molecule has 2 aromatic carbocycles. The Balaban J connectivity index is 1.59. The number of Topliss-reactive ketones (excluding diaryl/α,β-unsaturated/α-hetero) is 1. The molecule has 2 aromatic heterocycles. The predicted octanol–water partition coefficient (Wildman–Crippen LogP) is 4.78. The number of methoxy groups -OCH3 is 1. The third-order valence-electron chi connectivity index (χ3n) is 4.61. The van der Waals surface area contributed by atoms with Crippen LogP contribution in [0.25, 0.3) is 16.6 Å². The number of aryl methyl sites for hydroxylation is 1. The molecule has 0 bridgehead atoms. The number of alkyl halides is 2. The highest BCUT2D eigenvalue weighted by Gasteiger charge is 2.15. The van der Waals surface area contributed by atoms with Crippen molar-refractivity contribution in [1.82, 2.24) is 14.6 Å². The third-order valence-corrected chi connectivity index (χ3v) is 5.54. The first-order valence-electron chi connectivity index (χ1n) is 8.99. The minimum absolute atomic E-state index is 0.00782. The number of ether oxygens (including phenoxy) is 2. The first-order chi connectivity index (χ1) is 14.5. The maximum atomic E-state index is 12.5. The molecule has 9 heteroatoms. The molecule has 0 aliphatic carbocycles. The highest BCUT2D eigenvalue weighted by Crippen LogP contribution is 2.29. The molecule has 0 aliphatic heterocycles. The Labute approximate surface area is 174 Å².